The molecule has 0 saturated heterocycles. The van der Waals surface area contributed by atoms with Gasteiger partial charge in [-0.15, -0.1) is 0 Å². The van der Waals surface area contributed by atoms with Crippen LogP contribution in [0, 0.1) is 0 Å². The van der Waals surface area contributed by atoms with Crippen molar-refractivity contribution in [2.45, 2.75) is 50.6 Å². The molecule has 0 spiro atoms. The summed E-state index contributed by atoms with van der Waals surface area (Å²) in [5.74, 6) is 0.146. The third-order valence-corrected chi connectivity index (χ3v) is 5.26. The van der Waals surface area contributed by atoms with Crippen molar-refractivity contribution in [2.75, 3.05) is 6.61 Å². The van der Waals surface area contributed by atoms with Crippen molar-refractivity contribution in [1.29, 1.82) is 0 Å². The molecule has 2 atom stereocenters. The number of hydrogen-bond donors (Lipinski definition) is 0. The summed E-state index contributed by atoms with van der Waals surface area (Å²) in [6.07, 6.45) is 0.439. The fourth-order valence-electron chi connectivity index (χ4n) is 3.09. The minimum Gasteiger partial charge on any atom is -0.479 e. The maximum atomic E-state index is 12.4. The Labute approximate surface area is 194 Å². The minimum absolute atomic E-state index is 0.298. The van der Waals surface area contributed by atoms with Gasteiger partial charge in [-0.2, -0.15) is 0 Å². The van der Waals surface area contributed by atoms with Crippen LogP contribution in [-0.4, -0.2) is 29.2 Å². The lowest BCUT2D eigenvalue weighted by atomic mass is 9.93. The van der Waals surface area contributed by atoms with Crippen LogP contribution in [0.15, 0.2) is 36.4 Å². The molecule has 0 aromatic heterocycles. The van der Waals surface area contributed by atoms with Gasteiger partial charge in [-0.3, -0.25) is 4.79 Å². The summed E-state index contributed by atoms with van der Waals surface area (Å²) >= 11 is 9.85. The zero-order valence-electron chi connectivity index (χ0n) is 17.7. The third kappa shape index (κ3) is 5.92. The van der Waals surface area contributed by atoms with Crippen LogP contribution in [0.3, 0.4) is 0 Å². The van der Waals surface area contributed by atoms with E-state index in [1.165, 1.54) is 0 Å². The van der Waals surface area contributed by atoms with Crippen molar-refractivity contribution in [3.63, 3.8) is 0 Å². The van der Waals surface area contributed by atoms with Crippen LogP contribution < -0.4 is 9.47 Å². The van der Waals surface area contributed by atoms with Crippen LogP contribution in [0.1, 0.15) is 56.0 Å². The normalized spacial score (nSPS) is 17.9. The van der Waals surface area contributed by atoms with Gasteiger partial charge in [0.15, 0.2) is 5.01 Å². The van der Waals surface area contributed by atoms with Gasteiger partial charge in [-0.25, -0.2) is 4.79 Å². The first-order chi connectivity index (χ1) is 14.6. The van der Waals surface area contributed by atoms with E-state index in [4.69, 9.17) is 30.5 Å². The van der Waals surface area contributed by atoms with E-state index in [2.05, 4.69) is 15.9 Å². The second kappa shape index (κ2) is 9.49. The van der Waals surface area contributed by atoms with Gasteiger partial charge in [0.2, 0.25) is 0 Å². The van der Waals surface area contributed by atoms with E-state index >= 15 is 0 Å². The summed E-state index contributed by atoms with van der Waals surface area (Å²) in [6, 6.07) is 9.88. The van der Waals surface area contributed by atoms with Gasteiger partial charge in [0.25, 0.3) is 0 Å². The van der Waals surface area contributed by atoms with E-state index in [-0.39, 0.29) is 11.0 Å². The minimum atomic E-state index is -0.572. The summed E-state index contributed by atoms with van der Waals surface area (Å²) in [5, 5.41) is -0.00238. The predicted octanol–water partition coefficient (Wildman–Crippen LogP) is 6.24. The molecule has 8 heteroatoms. The Balaban J connectivity index is 1.81. The highest BCUT2D eigenvalue weighted by atomic mass is 79.9. The number of esters is 2. The molecule has 2 aromatic carbocycles. The molecule has 0 fully saturated rings. The molecule has 6 nitrogen and oxygen atoms in total. The number of fused-ring (bicyclic) bond motifs is 1. The lowest BCUT2D eigenvalue weighted by Crippen LogP contribution is -2.27. The molecule has 0 bridgehead atoms. The van der Waals surface area contributed by atoms with Crippen LogP contribution in [0.2, 0.25) is 5.02 Å². The number of rotatable bonds is 5. The first-order valence-corrected chi connectivity index (χ1v) is 11.2. The van der Waals surface area contributed by atoms with Crippen molar-refractivity contribution in [2.24, 2.45) is 0 Å². The monoisotopic (exact) mass is 510 g/mol. The molecule has 31 heavy (non-hydrogen) atoms. The maximum Gasteiger partial charge on any atom is 0.338 e. The van der Waals surface area contributed by atoms with E-state index in [0.29, 0.717) is 46.4 Å². The molecule has 0 amide bonds. The molecular formula is C23H24BrClO6. The lowest BCUT2D eigenvalue weighted by molar-refractivity contribution is -0.145. The van der Waals surface area contributed by atoms with Gasteiger partial charge in [-0.1, -0.05) is 11.6 Å². The van der Waals surface area contributed by atoms with Gasteiger partial charge >= 0.3 is 11.9 Å². The van der Waals surface area contributed by atoms with Gasteiger partial charge < -0.3 is 18.9 Å². The molecule has 2 aromatic rings. The zero-order valence-corrected chi connectivity index (χ0v) is 20.1. The summed E-state index contributed by atoms with van der Waals surface area (Å²) in [6.45, 7) is 7.50. The highest BCUT2D eigenvalue weighted by molar-refractivity contribution is 9.09. The molecular weight excluding hydrogens is 488 g/mol. The average molecular weight is 512 g/mol. The first-order valence-electron chi connectivity index (χ1n) is 9.89. The second-order valence-corrected chi connectivity index (χ2v) is 9.45. The molecule has 166 valence electrons. The summed E-state index contributed by atoms with van der Waals surface area (Å²) in [5.41, 5.74) is 0.505. The molecule has 1 heterocycles. The van der Waals surface area contributed by atoms with Crippen molar-refractivity contribution in [1.82, 2.24) is 0 Å². The predicted molar refractivity (Wildman–Crippen MR) is 120 cm³/mol. The Bertz CT molecular complexity index is 967. The Morgan fingerprint density at radius 1 is 1.19 bits per heavy atom. The molecule has 0 N–H and O–H groups in total. The number of carbonyl (C=O) groups is 2. The van der Waals surface area contributed by atoms with E-state index in [1.807, 2.05) is 20.8 Å². The van der Waals surface area contributed by atoms with Gasteiger partial charge in [0.1, 0.15) is 22.8 Å². The summed E-state index contributed by atoms with van der Waals surface area (Å²) in [7, 11) is 0. The molecule has 0 saturated carbocycles. The van der Waals surface area contributed by atoms with E-state index in [1.54, 1.807) is 43.3 Å². The summed E-state index contributed by atoms with van der Waals surface area (Å²) < 4.78 is 22.3. The van der Waals surface area contributed by atoms with Crippen LogP contribution in [0.5, 0.6) is 17.2 Å². The summed E-state index contributed by atoms with van der Waals surface area (Å²) in [4.78, 5) is 24.5. The fraction of sp³-hybridized carbons (Fsp3) is 0.391. The number of hydrogen-bond acceptors (Lipinski definition) is 6. The van der Waals surface area contributed by atoms with Gasteiger partial charge in [0.05, 0.1) is 23.1 Å². The SMILES string of the molecule is CCOC(=O)C1CC(Br)Oc2cc(Oc3ccc(C(=O)OC(C)(C)C)cc3)c(Cl)cc21. The number of halogens is 2. The molecule has 0 radical (unpaired) electrons. The van der Waals surface area contributed by atoms with Crippen molar-refractivity contribution < 1.29 is 28.5 Å². The average Bonchev–Trinajstić information content (AvgIpc) is 2.68. The number of carbonyl (C=O) groups excluding carboxylic acids is 2. The smallest absolute Gasteiger partial charge is 0.338 e. The van der Waals surface area contributed by atoms with Crippen LogP contribution >= 0.6 is 27.5 Å². The standard InChI is InChI=1S/C23H24BrClO6/c1-5-28-22(27)16-11-20(24)30-18-12-19(17(25)10-15(16)18)29-14-8-6-13(7-9-14)21(26)31-23(2,3)4/h6-10,12,16,20H,5,11H2,1-4H3. The zero-order chi connectivity index (χ0) is 22.8. The highest BCUT2D eigenvalue weighted by Crippen LogP contribution is 2.44. The Hall–Kier alpha value is -2.25. The third-order valence-electron chi connectivity index (χ3n) is 4.40. The van der Waals surface area contributed by atoms with Crippen molar-refractivity contribution in [3.05, 3.63) is 52.5 Å². The van der Waals surface area contributed by atoms with E-state index in [9.17, 15) is 9.59 Å². The molecule has 2 unspecified atom stereocenters. The lowest BCUT2D eigenvalue weighted by Gasteiger charge is -2.28. The highest BCUT2D eigenvalue weighted by Gasteiger charge is 2.34. The Morgan fingerprint density at radius 3 is 2.48 bits per heavy atom. The number of alkyl halides is 1. The molecule has 3 rings (SSSR count). The molecule has 1 aliphatic heterocycles. The second-order valence-electron chi connectivity index (χ2n) is 8.02. The van der Waals surface area contributed by atoms with Gasteiger partial charge in [-0.05, 0) is 74.0 Å². The van der Waals surface area contributed by atoms with E-state index in [0.717, 1.165) is 0 Å². The Kier molecular flexibility index (Phi) is 7.17. The van der Waals surface area contributed by atoms with E-state index < -0.39 is 17.5 Å². The number of ether oxygens (including phenoxy) is 4. The van der Waals surface area contributed by atoms with Crippen molar-refractivity contribution >= 4 is 39.5 Å². The molecule has 0 aliphatic carbocycles. The largest absolute Gasteiger partial charge is 0.479 e. The quantitative estimate of drug-likeness (QED) is 0.350. The van der Waals surface area contributed by atoms with Crippen LogP contribution in [0.4, 0.5) is 0 Å². The fourth-order valence-corrected chi connectivity index (χ4v) is 3.88. The topological polar surface area (TPSA) is 71.1 Å². The Morgan fingerprint density at radius 2 is 1.87 bits per heavy atom. The number of benzene rings is 2. The van der Waals surface area contributed by atoms with Crippen LogP contribution in [0.25, 0.3) is 0 Å². The van der Waals surface area contributed by atoms with Crippen molar-refractivity contribution in [3.8, 4) is 17.2 Å². The maximum absolute atomic E-state index is 12.4. The van der Waals surface area contributed by atoms with Gasteiger partial charge in [0, 0.05) is 18.1 Å². The first kappa shape index (κ1) is 23.4. The van der Waals surface area contributed by atoms with Crippen LogP contribution in [-0.2, 0) is 14.3 Å². The molecule has 1 aliphatic rings.